The average molecular weight is 289 g/mol. The van der Waals surface area contributed by atoms with Crippen molar-refractivity contribution in [1.29, 1.82) is 0 Å². The number of anilines is 1. The van der Waals surface area contributed by atoms with Crippen molar-refractivity contribution < 1.29 is 9.59 Å². The molecule has 21 heavy (non-hydrogen) atoms. The van der Waals surface area contributed by atoms with E-state index in [9.17, 15) is 9.59 Å². The maximum atomic E-state index is 12.1. The molecule has 1 atom stereocenters. The molecule has 1 aliphatic rings. The van der Waals surface area contributed by atoms with E-state index in [0.29, 0.717) is 26.1 Å². The first kappa shape index (κ1) is 15.4. The lowest BCUT2D eigenvalue weighted by Gasteiger charge is -2.22. The van der Waals surface area contributed by atoms with Crippen molar-refractivity contribution in [2.24, 2.45) is 0 Å². The van der Waals surface area contributed by atoms with Gasteiger partial charge in [0.05, 0.1) is 6.04 Å². The van der Waals surface area contributed by atoms with Gasteiger partial charge in [-0.15, -0.1) is 0 Å². The zero-order valence-electron chi connectivity index (χ0n) is 12.9. The molecule has 0 aliphatic carbocycles. The lowest BCUT2D eigenvalue weighted by atomic mass is 10.2. The van der Waals surface area contributed by atoms with Gasteiger partial charge in [-0.05, 0) is 32.9 Å². The number of rotatable bonds is 4. The molecule has 1 N–H and O–H groups in total. The van der Waals surface area contributed by atoms with E-state index in [1.807, 2.05) is 45.0 Å². The molecule has 2 rings (SSSR count). The number of carbonyl (C=O) groups is 2. The minimum Gasteiger partial charge on any atom is -0.333 e. The third-order valence-corrected chi connectivity index (χ3v) is 3.85. The van der Waals surface area contributed by atoms with Crippen LogP contribution in [-0.2, 0) is 4.79 Å². The summed E-state index contributed by atoms with van der Waals surface area (Å²) in [6.45, 7) is 7.79. The Balaban J connectivity index is 1.99. The first-order chi connectivity index (χ1) is 10.0. The van der Waals surface area contributed by atoms with Gasteiger partial charge in [-0.1, -0.05) is 17.7 Å². The highest BCUT2D eigenvalue weighted by atomic mass is 16.2. The van der Waals surface area contributed by atoms with E-state index in [-0.39, 0.29) is 18.0 Å². The molecule has 5 nitrogen and oxygen atoms in total. The van der Waals surface area contributed by atoms with Gasteiger partial charge in [-0.2, -0.15) is 0 Å². The van der Waals surface area contributed by atoms with Gasteiger partial charge >= 0.3 is 6.03 Å². The maximum Gasteiger partial charge on any atom is 0.317 e. The average Bonchev–Trinajstić information content (AvgIpc) is 2.81. The summed E-state index contributed by atoms with van der Waals surface area (Å²) >= 11 is 0. The molecule has 0 radical (unpaired) electrons. The van der Waals surface area contributed by atoms with Crippen molar-refractivity contribution >= 4 is 17.6 Å². The summed E-state index contributed by atoms with van der Waals surface area (Å²) in [4.78, 5) is 27.6. The van der Waals surface area contributed by atoms with Gasteiger partial charge in [0.1, 0.15) is 0 Å². The van der Waals surface area contributed by atoms with Crippen LogP contribution in [0.2, 0.25) is 0 Å². The van der Waals surface area contributed by atoms with Crippen molar-refractivity contribution in [2.75, 3.05) is 24.5 Å². The quantitative estimate of drug-likeness (QED) is 0.923. The highest BCUT2D eigenvalue weighted by molar-refractivity contribution is 5.96. The van der Waals surface area contributed by atoms with Gasteiger partial charge in [0.2, 0.25) is 5.91 Å². The molecule has 1 saturated heterocycles. The number of urea groups is 1. The van der Waals surface area contributed by atoms with Crippen LogP contribution < -0.4 is 10.2 Å². The molecule has 0 saturated carbocycles. The van der Waals surface area contributed by atoms with Crippen LogP contribution in [0, 0.1) is 6.92 Å². The lowest BCUT2D eigenvalue weighted by Crippen LogP contribution is -2.45. The van der Waals surface area contributed by atoms with Crippen molar-refractivity contribution in [2.45, 2.75) is 33.2 Å². The summed E-state index contributed by atoms with van der Waals surface area (Å²) in [7, 11) is 0. The molecule has 0 spiro atoms. The monoisotopic (exact) mass is 289 g/mol. The minimum absolute atomic E-state index is 0.0590. The Labute approximate surface area is 125 Å². The van der Waals surface area contributed by atoms with Crippen LogP contribution in [0.1, 0.15) is 25.8 Å². The maximum absolute atomic E-state index is 12.1. The van der Waals surface area contributed by atoms with E-state index < -0.39 is 0 Å². The Kier molecular flexibility index (Phi) is 4.83. The highest BCUT2D eigenvalue weighted by Crippen LogP contribution is 2.22. The largest absolute Gasteiger partial charge is 0.333 e. The van der Waals surface area contributed by atoms with E-state index in [2.05, 4.69) is 5.32 Å². The molecule has 0 aromatic heterocycles. The van der Waals surface area contributed by atoms with Crippen LogP contribution in [0.15, 0.2) is 24.3 Å². The molecule has 0 unspecified atom stereocenters. The van der Waals surface area contributed by atoms with Gasteiger partial charge in [-0.3, -0.25) is 4.79 Å². The molecule has 1 fully saturated rings. The Morgan fingerprint density at radius 3 is 2.48 bits per heavy atom. The summed E-state index contributed by atoms with van der Waals surface area (Å²) < 4.78 is 0. The number of hydrogen-bond acceptors (Lipinski definition) is 2. The second-order valence-corrected chi connectivity index (χ2v) is 5.36. The predicted molar refractivity (Wildman–Crippen MR) is 83.4 cm³/mol. The summed E-state index contributed by atoms with van der Waals surface area (Å²) in [5.41, 5.74) is 2.06. The second-order valence-electron chi connectivity index (χ2n) is 5.36. The molecule has 1 aliphatic heterocycles. The first-order valence-corrected chi connectivity index (χ1v) is 7.47. The molecular formula is C16H23N3O2. The first-order valence-electron chi connectivity index (χ1n) is 7.47. The zero-order valence-corrected chi connectivity index (χ0v) is 12.9. The van der Waals surface area contributed by atoms with Crippen molar-refractivity contribution in [3.05, 3.63) is 29.8 Å². The standard InChI is InChI=1S/C16H23N3O2/c1-4-18(5-2)16(21)17-13-10-15(20)19(11-13)14-8-6-12(3)7-9-14/h6-9,13H,4-5,10-11H2,1-3H3,(H,17,21)/t13-/m0/s1. The fourth-order valence-electron chi connectivity index (χ4n) is 2.56. The summed E-state index contributed by atoms with van der Waals surface area (Å²) in [5.74, 6) is 0.0590. The number of nitrogens with one attached hydrogen (secondary N) is 1. The van der Waals surface area contributed by atoms with Crippen LogP contribution in [0.5, 0.6) is 0 Å². The summed E-state index contributed by atoms with van der Waals surface area (Å²) in [6.07, 6.45) is 0.362. The number of amides is 3. The van der Waals surface area contributed by atoms with Gasteiger partial charge in [0, 0.05) is 31.7 Å². The molecule has 1 aromatic rings. The van der Waals surface area contributed by atoms with Crippen LogP contribution in [0.25, 0.3) is 0 Å². The van der Waals surface area contributed by atoms with Crippen LogP contribution in [-0.4, -0.2) is 42.5 Å². The molecule has 114 valence electrons. The molecule has 0 bridgehead atoms. The van der Waals surface area contributed by atoms with E-state index in [0.717, 1.165) is 11.3 Å². The van der Waals surface area contributed by atoms with Gasteiger partial charge in [-0.25, -0.2) is 4.79 Å². The highest BCUT2D eigenvalue weighted by Gasteiger charge is 2.32. The number of hydrogen-bond donors (Lipinski definition) is 1. The topological polar surface area (TPSA) is 52.7 Å². The molecule has 5 heteroatoms. The Hall–Kier alpha value is -2.04. The Morgan fingerprint density at radius 1 is 1.29 bits per heavy atom. The fourth-order valence-corrected chi connectivity index (χ4v) is 2.56. The van der Waals surface area contributed by atoms with E-state index in [4.69, 9.17) is 0 Å². The number of aryl methyl sites for hydroxylation is 1. The van der Waals surface area contributed by atoms with Crippen LogP contribution in [0.4, 0.5) is 10.5 Å². The predicted octanol–water partition coefficient (Wildman–Crippen LogP) is 2.15. The fraction of sp³-hybridized carbons (Fsp3) is 0.500. The third-order valence-electron chi connectivity index (χ3n) is 3.85. The lowest BCUT2D eigenvalue weighted by molar-refractivity contribution is -0.117. The van der Waals surface area contributed by atoms with Crippen LogP contribution >= 0.6 is 0 Å². The van der Waals surface area contributed by atoms with E-state index in [1.54, 1.807) is 9.80 Å². The van der Waals surface area contributed by atoms with Gasteiger partial charge < -0.3 is 15.1 Å². The summed E-state index contributed by atoms with van der Waals surface area (Å²) in [5, 5.41) is 2.95. The number of nitrogens with zero attached hydrogens (tertiary/aromatic N) is 2. The molecule has 1 heterocycles. The second kappa shape index (κ2) is 6.61. The third kappa shape index (κ3) is 3.54. The van der Waals surface area contributed by atoms with E-state index >= 15 is 0 Å². The molecule has 3 amide bonds. The van der Waals surface area contributed by atoms with Crippen molar-refractivity contribution in [3.63, 3.8) is 0 Å². The van der Waals surface area contributed by atoms with E-state index in [1.165, 1.54) is 0 Å². The van der Waals surface area contributed by atoms with Crippen molar-refractivity contribution in [3.8, 4) is 0 Å². The van der Waals surface area contributed by atoms with Crippen molar-refractivity contribution in [1.82, 2.24) is 10.2 Å². The number of benzene rings is 1. The summed E-state index contributed by atoms with van der Waals surface area (Å²) in [6, 6.07) is 7.66. The zero-order chi connectivity index (χ0) is 15.4. The Morgan fingerprint density at radius 2 is 1.90 bits per heavy atom. The van der Waals surface area contributed by atoms with Crippen LogP contribution in [0.3, 0.4) is 0 Å². The normalized spacial score (nSPS) is 18.0. The molecular weight excluding hydrogens is 266 g/mol. The SMILES string of the molecule is CCN(CC)C(=O)N[C@H]1CC(=O)N(c2ccc(C)cc2)C1. The Bertz CT molecular complexity index is 509. The van der Waals surface area contributed by atoms with Gasteiger partial charge in [0.25, 0.3) is 0 Å². The minimum atomic E-state index is -0.119. The molecule has 1 aromatic carbocycles. The number of carbonyl (C=O) groups excluding carboxylic acids is 2. The van der Waals surface area contributed by atoms with Gasteiger partial charge in [0.15, 0.2) is 0 Å². The smallest absolute Gasteiger partial charge is 0.317 e.